The molecule has 0 bridgehead atoms. The highest BCUT2D eigenvalue weighted by Gasteiger charge is 2.24. The van der Waals surface area contributed by atoms with Gasteiger partial charge in [0, 0.05) is 36.9 Å². The quantitative estimate of drug-likeness (QED) is 0.852. The third-order valence-corrected chi connectivity index (χ3v) is 3.62. The van der Waals surface area contributed by atoms with Gasteiger partial charge in [-0.05, 0) is 25.0 Å². The second kappa shape index (κ2) is 5.17. The molecule has 2 aliphatic rings. The summed E-state index contributed by atoms with van der Waals surface area (Å²) in [7, 11) is 0. The molecule has 0 spiro atoms. The van der Waals surface area contributed by atoms with Crippen LogP contribution in [-0.4, -0.2) is 31.6 Å². The molecule has 0 radical (unpaired) electrons. The van der Waals surface area contributed by atoms with Crippen molar-refractivity contribution in [3.63, 3.8) is 0 Å². The lowest BCUT2D eigenvalue weighted by Gasteiger charge is -2.30. The van der Waals surface area contributed by atoms with Crippen molar-refractivity contribution in [2.24, 2.45) is 0 Å². The number of benzene rings is 1. The summed E-state index contributed by atoms with van der Waals surface area (Å²) >= 11 is 0. The fourth-order valence-electron chi connectivity index (χ4n) is 2.40. The van der Waals surface area contributed by atoms with Gasteiger partial charge in [-0.15, -0.1) is 0 Å². The van der Waals surface area contributed by atoms with Crippen molar-refractivity contribution in [2.45, 2.75) is 25.4 Å². The molecule has 5 heteroatoms. The Hall–Kier alpha value is -1.62. The molecular weight excluding hydrogens is 245 g/mol. The van der Waals surface area contributed by atoms with Crippen molar-refractivity contribution < 1.29 is 9.18 Å². The van der Waals surface area contributed by atoms with Crippen LogP contribution in [0.2, 0.25) is 0 Å². The summed E-state index contributed by atoms with van der Waals surface area (Å²) in [4.78, 5) is 13.4. The van der Waals surface area contributed by atoms with Gasteiger partial charge in [0.15, 0.2) is 0 Å². The van der Waals surface area contributed by atoms with Crippen LogP contribution in [0.15, 0.2) is 18.2 Å². The van der Waals surface area contributed by atoms with E-state index in [9.17, 15) is 9.18 Å². The molecule has 1 aliphatic carbocycles. The first kappa shape index (κ1) is 12.4. The number of nitrogens with zero attached hydrogens (tertiary/aromatic N) is 1. The third-order valence-electron chi connectivity index (χ3n) is 3.62. The van der Waals surface area contributed by atoms with Gasteiger partial charge in [0.2, 0.25) is 5.91 Å². The van der Waals surface area contributed by atoms with Gasteiger partial charge in [0.1, 0.15) is 5.82 Å². The largest absolute Gasteiger partial charge is 0.360 e. The van der Waals surface area contributed by atoms with E-state index >= 15 is 0 Å². The molecule has 1 saturated carbocycles. The number of hydrogen-bond donors (Lipinski definition) is 2. The summed E-state index contributed by atoms with van der Waals surface area (Å²) in [6.45, 7) is 2.18. The Bertz CT molecular complexity index is 488. The van der Waals surface area contributed by atoms with Crippen LogP contribution in [0.25, 0.3) is 0 Å². The van der Waals surface area contributed by atoms with Gasteiger partial charge in [-0.25, -0.2) is 4.39 Å². The topological polar surface area (TPSA) is 44.4 Å². The average molecular weight is 263 g/mol. The smallest absolute Gasteiger partial charge is 0.239 e. The molecule has 2 fully saturated rings. The third kappa shape index (κ3) is 2.87. The molecule has 1 saturated heterocycles. The number of carbonyl (C=O) groups excluding carboxylic acids is 1. The van der Waals surface area contributed by atoms with E-state index in [4.69, 9.17) is 0 Å². The van der Waals surface area contributed by atoms with E-state index in [0.717, 1.165) is 12.2 Å². The highest BCUT2D eigenvalue weighted by atomic mass is 19.1. The highest BCUT2D eigenvalue weighted by molar-refractivity contribution is 5.83. The van der Waals surface area contributed by atoms with E-state index < -0.39 is 0 Å². The van der Waals surface area contributed by atoms with E-state index in [1.165, 1.54) is 18.9 Å². The van der Waals surface area contributed by atoms with Crippen molar-refractivity contribution in [2.75, 3.05) is 24.5 Å². The van der Waals surface area contributed by atoms with E-state index in [1.54, 1.807) is 6.07 Å². The number of piperazine rings is 1. The molecule has 1 aliphatic heterocycles. The normalized spacial score (nSPS) is 19.4. The van der Waals surface area contributed by atoms with Gasteiger partial charge < -0.3 is 15.5 Å². The molecule has 1 aromatic rings. The second-order valence-corrected chi connectivity index (χ2v) is 5.16. The van der Waals surface area contributed by atoms with E-state index in [2.05, 4.69) is 10.6 Å². The predicted octanol–water partition coefficient (Wildman–Crippen LogP) is 1.01. The summed E-state index contributed by atoms with van der Waals surface area (Å²) < 4.78 is 14.0. The average Bonchev–Trinajstić information content (AvgIpc) is 3.21. The second-order valence-electron chi connectivity index (χ2n) is 5.16. The molecule has 0 unspecified atom stereocenters. The van der Waals surface area contributed by atoms with Gasteiger partial charge in [0.05, 0.1) is 6.54 Å². The van der Waals surface area contributed by atoms with Crippen molar-refractivity contribution in [1.82, 2.24) is 10.6 Å². The van der Waals surface area contributed by atoms with E-state index in [-0.39, 0.29) is 11.7 Å². The monoisotopic (exact) mass is 263 g/mol. The molecule has 3 rings (SSSR count). The van der Waals surface area contributed by atoms with Crippen LogP contribution in [0.1, 0.15) is 18.4 Å². The Kier molecular flexibility index (Phi) is 3.38. The zero-order chi connectivity index (χ0) is 13.2. The first-order valence-electron chi connectivity index (χ1n) is 6.76. The molecule has 1 amide bonds. The first-order valence-corrected chi connectivity index (χ1v) is 6.76. The predicted molar refractivity (Wildman–Crippen MR) is 71.5 cm³/mol. The van der Waals surface area contributed by atoms with E-state index in [0.29, 0.717) is 31.2 Å². The minimum atomic E-state index is -0.198. The van der Waals surface area contributed by atoms with Crippen LogP contribution in [0, 0.1) is 5.82 Å². The van der Waals surface area contributed by atoms with Crippen molar-refractivity contribution in [3.05, 3.63) is 29.6 Å². The molecule has 19 heavy (non-hydrogen) atoms. The molecule has 2 N–H and O–H groups in total. The fourth-order valence-corrected chi connectivity index (χ4v) is 2.40. The number of carbonyl (C=O) groups is 1. The van der Waals surface area contributed by atoms with Gasteiger partial charge in [0.25, 0.3) is 0 Å². The van der Waals surface area contributed by atoms with Crippen molar-refractivity contribution in [3.8, 4) is 0 Å². The first-order chi connectivity index (χ1) is 9.24. The molecule has 102 valence electrons. The fraction of sp³-hybridized carbons (Fsp3) is 0.500. The minimum absolute atomic E-state index is 0.00314. The summed E-state index contributed by atoms with van der Waals surface area (Å²) in [5.41, 5.74) is 1.51. The summed E-state index contributed by atoms with van der Waals surface area (Å²) in [6.07, 6.45) is 2.35. The van der Waals surface area contributed by atoms with Crippen LogP contribution in [-0.2, 0) is 11.3 Å². The Balaban J connectivity index is 1.81. The molecule has 0 aromatic heterocycles. The molecule has 1 heterocycles. The Labute approximate surface area is 112 Å². The van der Waals surface area contributed by atoms with Gasteiger partial charge >= 0.3 is 0 Å². The lowest BCUT2D eigenvalue weighted by atomic mass is 10.1. The highest BCUT2D eigenvalue weighted by Crippen LogP contribution is 2.26. The van der Waals surface area contributed by atoms with Crippen LogP contribution < -0.4 is 15.5 Å². The Morgan fingerprint density at radius 1 is 1.42 bits per heavy atom. The maximum absolute atomic E-state index is 14.0. The maximum Gasteiger partial charge on any atom is 0.239 e. The van der Waals surface area contributed by atoms with Crippen molar-refractivity contribution >= 4 is 11.6 Å². The number of nitrogens with one attached hydrogen (secondary N) is 2. The van der Waals surface area contributed by atoms with Gasteiger partial charge in [-0.1, -0.05) is 6.07 Å². The maximum atomic E-state index is 14.0. The van der Waals surface area contributed by atoms with Crippen LogP contribution in [0.3, 0.4) is 0 Å². The number of hydrogen-bond acceptors (Lipinski definition) is 3. The van der Waals surface area contributed by atoms with Gasteiger partial charge in [-0.2, -0.15) is 0 Å². The number of anilines is 1. The number of halogens is 1. The lowest BCUT2D eigenvalue weighted by Crippen LogP contribution is -2.48. The summed E-state index contributed by atoms with van der Waals surface area (Å²) in [5.74, 6) is -0.201. The molecule has 1 aromatic carbocycles. The summed E-state index contributed by atoms with van der Waals surface area (Å²) in [5, 5.41) is 6.12. The zero-order valence-corrected chi connectivity index (χ0v) is 10.8. The SMILES string of the molecule is O=C1CN(c2cccc(F)c2CNC2CC2)CCN1. The molecule has 4 nitrogen and oxygen atoms in total. The standard InChI is InChI=1S/C14H18FN3O/c15-12-2-1-3-13(11(12)8-17-10-4-5-10)18-7-6-16-14(19)9-18/h1-3,10,17H,4-9H2,(H,16,19). The lowest BCUT2D eigenvalue weighted by molar-refractivity contribution is -0.120. The van der Waals surface area contributed by atoms with E-state index in [1.807, 2.05) is 11.0 Å². The minimum Gasteiger partial charge on any atom is -0.360 e. The molecule has 0 atom stereocenters. The molecular formula is C14H18FN3O. The van der Waals surface area contributed by atoms with Gasteiger partial charge in [-0.3, -0.25) is 4.79 Å². The zero-order valence-electron chi connectivity index (χ0n) is 10.8. The van der Waals surface area contributed by atoms with Crippen molar-refractivity contribution in [1.29, 1.82) is 0 Å². The Morgan fingerprint density at radius 2 is 2.26 bits per heavy atom. The number of amides is 1. The van der Waals surface area contributed by atoms with Crippen LogP contribution >= 0.6 is 0 Å². The van der Waals surface area contributed by atoms with Crippen LogP contribution in [0.4, 0.5) is 10.1 Å². The van der Waals surface area contributed by atoms with Crippen LogP contribution in [0.5, 0.6) is 0 Å². The number of rotatable bonds is 4. The summed E-state index contributed by atoms with van der Waals surface area (Å²) in [6, 6.07) is 5.62. The Morgan fingerprint density at radius 3 is 3.00 bits per heavy atom.